The van der Waals surface area contributed by atoms with Gasteiger partial charge in [-0.25, -0.2) is 4.98 Å². The number of aliphatic imine (C=N–C) groups is 1. The molecule has 2 aromatic rings. The van der Waals surface area contributed by atoms with Crippen LogP contribution >= 0.6 is 24.0 Å². The number of nitrogens with one attached hydrogen (secondary N) is 2. The number of hydrogen-bond acceptors (Lipinski definition) is 5. The molecule has 7 nitrogen and oxygen atoms in total. The summed E-state index contributed by atoms with van der Waals surface area (Å²) in [5.41, 5.74) is 3.25. The molecule has 0 bridgehead atoms. The number of pyridine rings is 1. The molecule has 30 heavy (non-hydrogen) atoms. The first-order valence-electron chi connectivity index (χ1n) is 10.8. The van der Waals surface area contributed by atoms with Crippen LogP contribution in [0.2, 0.25) is 0 Å². The normalized spacial score (nSPS) is 14.8. The van der Waals surface area contributed by atoms with E-state index < -0.39 is 0 Å². The lowest BCUT2D eigenvalue weighted by atomic mass is 9.98. The van der Waals surface area contributed by atoms with E-state index in [4.69, 9.17) is 9.26 Å². The van der Waals surface area contributed by atoms with Crippen LogP contribution in [0.25, 0.3) is 0 Å². The summed E-state index contributed by atoms with van der Waals surface area (Å²) in [6, 6.07) is 4.01. The molecule has 0 atom stereocenters. The monoisotopic (exact) mass is 527 g/mol. The first-order chi connectivity index (χ1) is 14.2. The lowest BCUT2D eigenvalue weighted by Gasteiger charge is -2.22. The molecular formula is C22H34IN5O2. The van der Waals surface area contributed by atoms with Gasteiger partial charge in [0.2, 0.25) is 5.88 Å². The van der Waals surface area contributed by atoms with Crippen molar-refractivity contribution in [2.45, 2.75) is 78.0 Å². The second-order valence-corrected chi connectivity index (χ2v) is 7.40. The summed E-state index contributed by atoms with van der Waals surface area (Å²) in [5, 5.41) is 10.9. The Balaban J connectivity index is 0.00000320. The molecule has 3 rings (SSSR count). The number of rotatable bonds is 8. The Morgan fingerprint density at radius 3 is 2.63 bits per heavy atom. The number of hydrogen-bond donors (Lipinski definition) is 2. The maximum atomic E-state index is 6.07. The Kier molecular flexibility index (Phi) is 10.4. The molecule has 1 fully saturated rings. The number of nitrogens with zero attached hydrogens (tertiary/aromatic N) is 3. The topological polar surface area (TPSA) is 84.6 Å². The van der Waals surface area contributed by atoms with Crippen molar-refractivity contribution in [2.24, 2.45) is 4.99 Å². The van der Waals surface area contributed by atoms with Crippen LogP contribution in [0.15, 0.2) is 27.8 Å². The van der Waals surface area contributed by atoms with Crippen molar-refractivity contribution in [3.05, 3.63) is 40.9 Å². The Bertz CT molecular complexity index is 781. The van der Waals surface area contributed by atoms with Gasteiger partial charge in [-0.15, -0.1) is 24.0 Å². The van der Waals surface area contributed by atoms with Gasteiger partial charge in [0, 0.05) is 44.4 Å². The largest absolute Gasteiger partial charge is 0.474 e. The molecule has 166 valence electrons. The van der Waals surface area contributed by atoms with Gasteiger partial charge >= 0.3 is 0 Å². The van der Waals surface area contributed by atoms with Crippen LogP contribution in [0.4, 0.5) is 0 Å². The Labute approximate surface area is 196 Å². The summed E-state index contributed by atoms with van der Waals surface area (Å²) in [7, 11) is 1.77. The number of guanidine groups is 1. The number of halogens is 1. The van der Waals surface area contributed by atoms with E-state index in [-0.39, 0.29) is 24.0 Å². The van der Waals surface area contributed by atoms with Crippen LogP contribution in [-0.4, -0.2) is 29.3 Å². The molecule has 0 radical (unpaired) electrons. The average Bonchev–Trinajstić information content (AvgIpc) is 3.17. The highest BCUT2D eigenvalue weighted by atomic mass is 127. The van der Waals surface area contributed by atoms with E-state index in [9.17, 15) is 0 Å². The van der Waals surface area contributed by atoms with E-state index in [1.165, 1.54) is 19.3 Å². The van der Waals surface area contributed by atoms with E-state index >= 15 is 0 Å². The van der Waals surface area contributed by atoms with Crippen molar-refractivity contribution in [1.82, 2.24) is 20.8 Å². The predicted molar refractivity (Wildman–Crippen MR) is 129 cm³/mol. The van der Waals surface area contributed by atoms with Crippen LogP contribution < -0.4 is 15.4 Å². The minimum absolute atomic E-state index is 0. The Morgan fingerprint density at radius 2 is 1.93 bits per heavy atom. The molecule has 0 amide bonds. The van der Waals surface area contributed by atoms with Crippen molar-refractivity contribution in [2.75, 3.05) is 7.05 Å². The molecule has 0 saturated heterocycles. The lowest BCUT2D eigenvalue weighted by Crippen LogP contribution is -2.36. The number of ether oxygens (including phenoxy) is 1. The highest BCUT2D eigenvalue weighted by molar-refractivity contribution is 14.0. The van der Waals surface area contributed by atoms with E-state index in [0.29, 0.717) is 25.1 Å². The van der Waals surface area contributed by atoms with Crippen LogP contribution in [0, 0.1) is 0 Å². The van der Waals surface area contributed by atoms with Gasteiger partial charge in [0.1, 0.15) is 11.9 Å². The standard InChI is InChI=1S/C22H33N5O2.HI/c1-4-19-18(20(5-2)29-27-19)15-26-22(23-3)25-14-16-11-12-24-21(13-16)28-17-9-7-6-8-10-17;/h11-13,17H,4-10,14-15H2,1-3H3,(H2,23,25,26);1H. The summed E-state index contributed by atoms with van der Waals surface area (Å²) in [5.74, 6) is 2.38. The molecule has 2 aromatic heterocycles. The smallest absolute Gasteiger partial charge is 0.213 e. The third-order valence-corrected chi connectivity index (χ3v) is 5.36. The van der Waals surface area contributed by atoms with Crippen LogP contribution in [0.5, 0.6) is 5.88 Å². The first kappa shape index (κ1) is 24.4. The Morgan fingerprint density at radius 1 is 1.17 bits per heavy atom. The van der Waals surface area contributed by atoms with Crippen molar-refractivity contribution in [1.29, 1.82) is 0 Å². The number of aromatic nitrogens is 2. The molecule has 0 aliphatic heterocycles. The van der Waals surface area contributed by atoms with Crippen LogP contribution in [-0.2, 0) is 25.9 Å². The maximum Gasteiger partial charge on any atom is 0.213 e. The van der Waals surface area contributed by atoms with Gasteiger partial charge < -0.3 is 19.9 Å². The molecule has 1 aliphatic carbocycles. The third kappa shape index (κ3) is 6.85. The lowest BCUT2D eigenvalue weighted by molar-refractivity contribution is 0.148. The van der Waals surface area contributed by atoms with Gasteiger partial charge in [0.15, 0.2) is 5.96 Å². The van der Waals surface area contributed by atoms with Crippen LogP contribution in [0.3, 0.4) is 0 Å². The average molecular weight is 527 g/mol. The molecule has 2 heterocycles. The molecule has 2 N–H and O–H groups in total. The molecule has 0 spiro atoms. The molecule has 0 unspecified atom stereocenters. The summed E-state index contributed by atoms with van der Waals surface area (Å²) in [4.78, 5) is 8.70. The first-order valence-corrected chi connectivity index (χ1v) is 10.8. The van der Waals surface area contributed by atoms with Gasteiger partial charge in [0.05, 0.1) is 5.69 Å². The highest BCUT2D eigenvalue weighted by Crippen LogP contribution is 2.22. The zero-order chi connectivity index (χ0) is 20.5. The third-order valence-electron chi connectivity index (χ3n) is 5.36. The van der Waals surface area contributed by atoms with Gasteiger partial charge in [-0.2, -0.15) is 0 Å². The van der Waals surface area contributed by atoms with E-state index in [1.54, 1.807) is 7.05 Å². The molecule has 1 saturated carbocycles. The maximum absolute atomic E-state index is 6.07. The SMILES string of the molecule is CCc1noc(CC)c1CNC(=NC)NCc1ccnc(OC2CCCCC2)c1.I. The van der Waals surface area contributed by atoms with Crippen molar-refractivity contribution >= 4 is 29.9 Å². The van der Waals surface area contributed by atoms with Crippen LogP contribution in [0.1, 0.15) is 68.5 Å². The van der Waals surface area contributed by atoms with E-state index in [2.05, 4.69) is 39.6 Å². The van der Waals surface area contributed by atoms with Crippen molar-refractivity contribution in [3.63, 3.8) is 0 Å². The zero-order valence-electron chi connectivity index (χ0n) is 18.2. The second kappa shape index (κ2) is 12.8. The fraction of sp³-hybridized carbons (Fsp3) is 0.591. The van der Waals surface area contributed by atoms with E-state index in [0.717, 1.165) is 54.2 Å². The molecular weight excluding hydrogens is 493 g/mol. The molecule has 8 heteroatoms. The minimum atomic E-state index is 0. The zero-order valence-corrected chi connectivity index (χ0v) is 20.6. The van der Waals surface area contributed by atoms with Gasteiger partial charge in [-0.1, -0.05) is 25.4 Å². The Hall–Kier alpha value is -1.84. The van der Waals surface area contributed by atoms with Gasteiger partial charge in [-0.3, -0.25) is 4.99 Å². The summed E-state index contributed by atoms with van der Waals surface area (Å²) in [6.07, 6.45) is 9.87. The predicted octanol–water partition coefficient (Wildman–Crippen LogP) is 4.39. The quantitative estimate of drug-likeness (QED) is 0.301. The van der Waals surface area contributed by atoms with E-state index in [1.807, 2.05) is 18.3 Å². The molecule has 1 aliphatic rings. The fourth-order valence-corrected chi connectivity index (χ4v) is 3.69. The minimum Gasteiger partial charge on any atom is -0.474 e. The molecule has 0 aromatic carbocycles. The summed E-state index contributed by atoms with van der Waals surface area (Å²) in [6.45, 7) is 5.45. The van der Waals surface area contributed by atoms with Crippen molar-refractivity contribution < 1.29 is 9.26 Å². The highest BCUT2D eigenvalue weighted by Gasteiger charge is 2.16. The fourth-order valence-electron chi connectivity index (χ4n) is 3.69. The summed E-state index contributed by atoms with van der Waals surface area (Å²) < 4.78 is 11.5. The summed E-state index contributed by atoms with van der Waals surface area (Å²) >= 11 is 0. The van der Waals surface area contributed by atoms with Gasteiger partial charge in [-0.05, 0) is 43.7 Å². The second-order valence-electron chi connectivity index (χ2n) is 7.40. The van der Waals surface area contributed by atoms with Gasteiger partial charge in [0.25, 0.3) is 0 Å². The van der Waals surface area contributed by atoms with Crippen molar-refractivity contribution in [3.8, 4) is 5.88 Å². The number of aryl methyl sites for hydroxylation is 2.